The van der Waals surface area contributed by atoms with Crippen LogP contribution in [0, 0.1) is 0 Å². The van der Waals surface area contributed by atoms with Gasteiger partial charge in [-0.1, -0.05) is 33.6 Å². The van der Waals surface area contributed by atoms with Crippen molar-refractivity contribution in [3.8, 4) is 0 Å². The van der Waals surface area contributed by atoms with E-state index >= 15 is 0 Å². The van der Waals surface area contributed by atoms with Gasteiger partial charge in [0, 0.05) is 43.9 Å². The zero-order valence-corrected chi connectivity index (χ0v) is 12.0. The van der Waals surface area contributed by atoms with Crippen LogP contribution in [0.2, 0.25) is 5.02 Å². The largest absolute Gasteiger partial charge is 0.306 e. The molecule has 0 bridgehead atoms. The van der Waals surface area contributed by atoms with Crippen LogP contribution in [0.1, 0.15) is 18.5 Å². The first kappa shape index (κ1) is 12.6. The fourth-order valence-corrected chi connectivity index (χ4v) is 4.18. The predicted octanol–water partition coefficient (Wildman–Crippen LogP) is 2.88. The molecule has 1 aromatic carbocycles. The summed E-state index contributed by atoms with van der Waals surface area (Å²) in [6.45, 7) is 2.05. The van der Waals surface area contributed by atoms with Gasteiger partial charge >= 0.3 is 0 Å². The lowest BCUT2D eigenvalue weighted by atomic mass is 10.1. The Morgan fingerprint density at radius 3 is 2.88 bits per heavy atom. The maximum Gasteiger partial charge on any atom is 0.0465 e. The zero-order chi connectivity index (χ0) is 11.7. The molecule has 1 heterocycles. The van der Waals surface area contributed by atoms with Gasteiger partial charge in [-0.3, -0.25) is 4.21 Å². The summed E-state index contributed by atoms with van der Waals surface area (Å²) in [6.07, 6.45) is 0. The van der Waals surface area contributed by atoms with E-state index in [0.717, 1.165) is 20.8 Å². The highest BCUT2D eigenvalue weighted by molar-refractivity contribution is 9.10. The minimum Gasteiger partial charge on any atom is -0.306 e. The van der Waals surface area contributed by atoms with E-state index in [4.69, 9.17) is 11.6 Å². The third-order valence-corrected chi connectivity index (χ3v) is 5.01. The molecule has 1 aliphatic heterocycles. The molecule has 0 amide bonds. The minimum absolute atomic E-state index is 0.102. The van der Waals surface area contributed by atoms with Gasteiger partial charge in [-0.15, -0.1) is 0 Å². The highest BCUT2D eigenvalue weighted by Gasteiger charge is 2.25. The smallest absolute Gasteiger partial charge is 0.0465 e. The van der Waals surface area contributed by atoms with Crippen LogP contribution in [0.15, 0.2) is 22.7 Å². The Hall–Kier alpha value is 0.1000. The van der Waals surface area contributed by atoms with E-state index in [9.17, 15) is 4.21 Å². The quantitative estimate of drug-likeness (QED) is 0.861. The summed E-state index contributed by atoms with van der Waals surface area (Å²) in [5.74, 6) is 1.37. The first-order chi connectivity index (χ1) is 7.56. The average Bonchev–Trinajstić information content (AvgIpc) is 2.15. The van der Waals surface area contributed by atoms with Crippen molar-refractivity contribution < 1.29 is 4.21 Å². The Bertz CT molecular complexity index is 426. The Labute approximate surface area is 111 Å². The number of nitrogens with one attached hydrogen (secondary N) is 1. The normalized spacial score (nSPS) is 30.3. The van der Waals surface area contributed by atoms with Crippen molar-refractivity contribution in [2.24, 2.45) is 0 Å². The highest BCUT2D eigenvalue weighted by Crippen LogP contribution is 2.28. The molecule has 0 aliphatic carbocycles. The van der Waals surface area contributed by atoms with Crippen molar-refractivity contribution in [1.82, 2.24) is 5.32 Å². The molecular formula is C11H13BrClNOS. The van der Waals surface area contributed by atoms with E-state index in [1.54, 1.807) is 0 Å². The van der Waals surface area contributed by atoms with Gasteiger partial charge in [-0.2, -0.15) is 0 Å². The van der Waals surface area contributed by atoms with Gasteiger partial charge in [0.25, 0.3) is 0 Å². The lowest BCUT2D eigenvalue weighted by Crippen LogP contribution is -2.43. The van der Waals surface area contributed by atoms with E-state index in [2.05, 4.69) is 28.2 Å². The van der Waals surface area contributed by atoms with Crippen LogP contribution in [0.5, 0.6) is 0 Å². The Morgan fingerprint density at radius 2 is 2.25 bits per heavy atom. The summed E-state index contributed by atoms with van der Waals surface area (Å²) in [7, 11) is -0.747. The number of hydrogen-bond acceptors (Lipinski definition) is 2. The van der Waals surface area contributed by atoms with Crippen molar-refractivity contribution in [2.45, 2.75) is 19.0 Å². The van der Waals surface area contributed by atoms with Crippen LogP contribution >= 0.6 is 27.5 Å². The third-order valence-electron chi connectivity index (χ3n) is 2.61. The van der Waals surface area contributed by atoms with Crippen LogP contribution < -0.4 is 5.32 Å². The van der Waals surface area contributed by atoms with Crippen LogP contribution in [-0.4, -0.2) is 21.8 Å². The van der Waals surface area contributed by atoms with Crippen molar-refractivity contribution in [2.75, 3.05) is 11.5 Å². The first-order valence-corrected chi connectivity index (χ1v) is 7.78. The molecule has 0 saturated carbocycles. The molecule has 0 spiro atoms. The van der Waals surface area contributed by atoms with Gasteiger partial charge in [-0.05, 0) is 24.6 Å². The van der Waals surface area contributed by atoms with Gasteiger partial charge in [0.1, 0.15) is 0 Å². The summed E-state index contributed by atoms with van der Waals surface area (Å²) in [5, 5.41) is 4.15. The lowest BCUT2D eigenvalue weighted by molar-refractivity contribution is 0.490. The summed E-state index contributed by atoms with van der Waals surface area (Å²) < 4.78 is 12.6. The monoisotopic (exact) mass is 321 g/mol. The van der Waals surface area contributed by atoms with Crippen LogP contribution in [0.4, 0.5) is 0 Å². The number of benzene rings is 1. The molecule has 2 rings (SSSR count). The molecular weight excluding hydrogens is 310 g/mol. The average molecular weight is 323 g/mol. The molecule has 3 atom stereocenters. The van der Waals surface area contributed by atoms with E-state index < -0.39 is 10.8 Å². The molecule has 1 aromatic rings. The molecule has 1 N–H and O–H groups in total. The van der Waals surface area contributed by atoms with Gasteiger partial charge in [0.05, 0.1) is 0 Å². The fourth-order valence-electron chi connectivity index (χ4n) is 1.94. The Morgan fingerprint density at radius 1 is 1.50 bits per heavy atom. The number of halogens is 2. The second-order valence-electron chi connectivity index (χ2n) is 4.06. The SMILES string of the molecule is CC1CS(=O)CC(c2ccc(Br)cc2Cl)N1. The number of hydrogen-bond donors (Lipinski definition) is 1. The van der Waals surface area contributed by atoms with Crippen molar-refractivity contribution in [1.29, 1.82) is 0 Å². The molecule has 0 aromatic heterocycles. The molecule has 88 valence electrons. The molecule has 0 radical (unpaired) electrons. The van der Waals surface area contributed by atoms with Crippen LogP contribution in [0.3, 0.4) is 0 Å². The molecule has 1 saturated heterocycles. The van der Waals surface area contributed by atoms with Crippen molar-refractivity contribution in [3.05, 3.63) is 33.3 Å². The topological polar surface area (TPSA) is 29.1 Å². The maximum atomic E-state index is 11.7. The van der Waals surface area contributed by atoms with Gasteiger partial charge in [0.2, 0.25) is 0 Å². The van der Waals surface area contributed by atoms with Gasteiger partial charge in [-0.25, -0.2) is 0 Å². The second kappa shape index (κ2) is 5.17. The standard InChI is InChI=1S/C11H13BrClNOS/c1-7-5-16(15)6-11(14-7)9-3-2-8(12)4-10(9)13/h2-4,7,11,14H,5-6H2,1H3. The molecule has 3 unspecified atom stereocenters. The van der Waals surface area contributed by atoms with E-state index in [0.29, 0.717) is 5.75 Å². The molecule has 1 aliphatic rings. The molecule has 2 nitrogen and oxygen atoms in total. The van der Waals surface area contributed by atoms with E-state index in [-0.39, 0.29) is 12.1 Å². The van der Waals surface area contributed by atoms with E-state index in [1.165, 1.54) is 0 Å². The molecule has 16 heavy (non-hydrogen) atoms. The highest BCUT2D eigenvalue weighted by atomic mass is 79.9. The predicted molar refractivity (Wildman–Crippen MR) is 72.4 cm³/mol. The Balaban J connectivity index is 2.26. The summed E-state index contributed by atoms with van der Waals surface area (Å²) in [4.78, 5) is 0. The lowest BCUT2D eigenvalue weighted by Gasteiger charge is -2.29. The zero-order valence-electron chi connectivity index (χ0n) is 8.87. The Kier molecular flexibility index (Phi) is 4.06. The summed E-state index contributed by atoms with van der Waals surface area (Å²) in [5.41, 5.74) is 1.03. The number of rotatable bonds is 1. The third kappa shape index (κ3) is 2.86. The van der Waals surface area contributed by atoms with Crippen LogP contribution in [-0.2, 0) is 10.8 Å². The van der Waals surface area contributed by atoms with Crippen LogP contribution in [0.25, 0.3) is 0 Å². The van der Waals surface area contributed by atoms with Gasteiger partial charge < -0.3 is 5.32 Å². The second-order valence-corrected chi connectivity index (χ2v) is 6.93. The first-order valence-electron chi connectivity index (χ1n) is 5.12. The molecule has 5 heteroatoms. The van der Waals surface area contributed by atoms with Gasteiger partial charge in [0.15, 0.2) is 0 Å². The summed E-state index contributed by atoms with van der Waals surface area (Å²) >= 11 is 9.57. The van der Waals surface area contributed by atoms with Crippen molar-refractivity contribution in [3.63, 3.8) is 0 Å². The molecule has 1 fully saturated rings. The maximum absolute atomic E-state index is 11.7. The van der Waals surface area contributed by atoms with E-state index in [1.807, 2.05) is 18.2 Å². The minimum atomic E-state index is -0.747. The fraction of sp³-hybridized carbons (Fsp3) is 0.455. The van der Waals surface area contributed by atoms with Crippen molar-refractivity contribution >= 4 is 38.3 Å². The summed E-state index contributed by atoms with van der Waals surface area (Å²) in [6, 6.07) is 6.20.